The average Bonchev–Trinajstić information content (AvgIpc) is 2.48. The van der Waals surface area contributed by atoms with E-state index in [2.05, 4.69) is 32.5 Å². The molecule has 0 saturated carbocycles. The molecule has 7 nitrogen and oxygen atoms in total. The molecule has 1 aliphatic heterocycles. The van der Waals surface area contributed by atoms with Crippen molar-refractivity contribution in [2.75, 3.05) is 43.5 Å². The van der Waals surface area contributed by atoms with Crippen LogP contribution in [0.15, 0.2) is 0 Å². The highest BCUT2D eigenvalue weighted by atomic mass is 16.5. The standard InChI is InChI=1S/C13H24N6O/c1-4-19-5-6-20-11(8-19)7-15-12-9(2)13(18-14)17-10(3)16-12/h11H,4-8,14H2,1-3H3,(H2,15,16,17,18). The summed E-state index contributed by atoms with van der Waals surface area (Å²) in [5.74, 6) is 7.61. The van der Waals surface area contributed by atoms with E-state index in [0.717, 1.165) is 44.2 Å². The Morgan fingerprint density at radius 1 is 1.35 bits per heavy atom. The zero-order valence-electron chi connectivity index (χ0n) is 12.4. The molecule has 20 heavy (non-hydrogen) atoms. The Bertz CT molecular complexity index is 453. The van der Waals surface area contributed by atoms with Crippen LogP contribution in [0.4, 0.5) is 11.6 Å². The zero-order valence-corrected chi connectivity index (χ0v) is 12.4. The van der Waals surface area contributed by atoms with Gasteiger partial charge in [-0.05, 0) is 20.4 Å². The second kappa shape index (κ2) is 6.83. The molecular weight excluding hydrogens is 256 g/mol. The van der Waals surface area contributed by atoms with Crippen LogP contribution < -0.4 is 16.6 Å². The molecule has 0 bridgehead atoms. The van der Waals surface area contributed by atoms with Gasteiger partial charge in [0.1, 0.15) is 17.5 Å². The first-order valence-corrected chi connectivity index (χ1v) is 7.03. The highest BCUT2D eigenvalue weighted by molar-refractivity contribution is 5.56. The summed E-state index contributed by atoms with van der Waals surface area (Å²) >= 11 is 0. The molecule has 0 spiro atoms. The van der Waals surface area contributed by atoms with Gasteiger partial charge in [0.25, 0.3) is 0 Å². The van der Waals surface area contributed by atoms with Crippen LogP contribution in [-0.4, -0.2) is 53.8 Å². The van der Waals surface area contributed by atoms with Crippen LogP contribution in [-0.2, 0) is 4.74 Å². The number of anilines is 2. The van der Waals surface area contributed by atoms with Crippen LogP contribution in [0.3, 0.4) is 0 Å². The maximum atomic E-state index is 5.77. The number of aryl methyl sites for hydroxylation is 1. The van der Waals surface area contributed by atoms with E-state index in [1.165, 1.54) is 0 Å². The zero-order chi connectivity index (χ0) is 14.5. The van der Waals surface area contributed by atoms with Crippen molar-refractivity contribution in [2.45, 2.75) is 26.9 Å². The topological polar surface area (TPSA) is 88.3 Å². The second-order valence-corrected chi connectivity index (χ2v) is 5.00. The first-order chi connectivity index (χ1) is 9.63. The number of nitrogens with zero attached hydrogens (tertiary/aromatic N) is 3. The summed E-state index contributed by atoms with van der Waals surface area (Å²) < 4.78 is 5.77. The molecule has 1 unspecified atom stereocenters. The average molecular weight is 280 g/mol. The van der Waals surface area contributed by atoms with Crippen molar-refractivity contribution < 1.29 is 4.74 Å². The maximum absolute atomic E-state index is 5.77. The Morgan fingerprint density at radius 2 is 2.10 bits per heavy atom. The smallest absolute Gasteiger partial charge is 0.148 e. The summed E-state index contributed by atoms with van der Waals surface area (Å²) in [7, 11) is 0. The number of nitrogens with two attached hydrogens (primary N) is 1. The fourth-order valence-electron chi connectivity index (χ4n) is 2.34. The molecule has 1 aliphatic rings. The molecule has 0 amide bonds. The van der Waals surface area contributed by atoms with Crippen molar-refractivity contribution in [3.05, 3.63) is 11.4 Å². The summed E-state index contributed by atoms with van der Waals surface area (Å²) in [5, 5.41) is 3.34. The number of ether oxygens (including phenoxy) is 1. The molecule has 1 aromatic rings. The maximum Gasteiger partial charge on any atom is 0.148 e. The fourth-order valence-corrected chi connectivity index (χ4v) is 2.34. The molecule has 2 heterocycles. The molecule has 7 heteroatoms. The summed E-state index contributed by atoms with van der Waals surface area (Å²) in [6, 6.07) is 0. The number of morpholine rings is 1. The third-order valence-corrected chi connectivity index (χ3v) is 3.56. The number of hydrazine groups is 1. The highest BCUT2D eigenvalue weighted by Gasteiger charge is 2.19. The van der Waals surface area contributed by atoms with Crippen LogP contribution in [0.5, 0.6) is 0 Å². The summed E-state index contributed by atoms with van der Waals surface area (Å²) in [6.45, 7) is 10.5. The highest BCUT2D eigenvalue weighted by Crippen LogP contribution is 2.19. The van der Waals surface area contributed by atoms with E-state index in [1.807, 2.05) is 13.8 Å². The van der Waals surface area contributed by atoms with E-state index >= 15 is 0 Å². The molecule has 1 aromatic heterocycles. The third-order valence-electron chi connectivity index (χ3n) is 3.56. The van der Waals surface area contributed by atoms with Gasteiger partial charge in [-0.25, -0.2) is 15.8 Å². The van der Waals surface area contributed by atoms with Crippen LogP contribution >= 0.6 is 0 Å². The van der Waals surface area contributed by atoms with Gasteiger partial charge in [-0.15, -0.1) is 0 Å². The minimum absolute atomic E-state index is 0.188. The lowest BCUT2D eigenvalue weighted by Gasteiger charge is -2.32. The van der Waals surface area contributed by atoms with Crippen molar-refractivity contribution in [2.24, 2.45) is 5.84 Å². The molecule has 0 aromatic carbocycles. The second-order valence-electron chi connectivity index (χ2n) is 5.00. The predicted molar refractivity (Wildman–Crippen MR) is 79.7 cm³/mol. The number of likely N-dealkylation sites (N-methyl/N-ethyl adjacent to an activating group) is 1. The van der Waals surface area contributed by atoms with Gasteiger partial charge >= 0.3 is 0 Å². The minimum Gasteiger partial charge on any atom is -0.374 e. The molecular formula is C13H24N6O. The van der Waals surface area contributed by atoms with Crippen LogP contribution in [0.1, 0.15) is 18.3 Å². The largest absolute Gasteiger partial charge is 0.374 e. The van der Waals surface area contributed by atoms with E-state index in [1.54, 1.807) is 0 Å². The van der Waals surface area contributed by atoms with Gasteiger partial charge in [-0.2, -0.15) is 0 Å². The van der Waals surface area contributed by atoms with E-state index in [4.69, 9.17) is 10.6 Å². The van der Waals surface area contributed by atoms with Crippen molar-refractivity contribution >= 4 is 11.6 Å². The van der Waals surface area contributed by atoms with Gasteiger partial charge < -0.3 is 15.5 Å². The fraction of sp³-hybridized carbons (Fsp3) is 0.692. The molecule has 2 rings (SSSR count). The summed E-state index contributed by atoms with van der Waals surface area (Å²) in [6.07, 6.45) is 0.188. The lowest BCUT2D eigenvalue weighted by atomic mass is 10.2. The summed E-state index contributed by atoms with van der Waals surface area (Å²) in [5.41, 5.74) is 3.52. The first kappa shape index (κ1) is 15.0. The summed E-state index contributed by atoms with van der Waals surface area (Å²) in [4.78, 5) is 11.1. The molecule has 0 radical (unpaired) electrons. The quantitative estimate of drug-likeness (QED) is 0.535. The SMILES string of the molecule is CCN1CCOC(CNc2nc(C)nc(NN)c2C)C1. The molecule has 1 fully saturated rings. The molecule has 1 saturated heterocycles. The van der Waals surface area contributed by atoms with Crippen molar-refractivity contribution in [1.29, 1.82) is 0 Å². The number of nitrogens with one attached hydrogen (secondary N) is 2. The van der Waals surface area contributed by atoms with Gasteiger partial charge in [-0.1, -0.05) is 6.92 Å². The van der Waals surface area contributed by atoms with E-state index < -0.39 is 0 Å². The van der Waals surface area contributed by atoms with Crippen molar-refractivity contribution in [3.8, 4) is 0 Å². The minimum atomic E-state index is 0.188. The molecule has 4 N–H and O–H groups in total. The predicted octanol–water partition coefficient (Wildman–Crippen LogP) is 0.512. The lowest BCUT2D eigenvalue weighted by molar-refractivity contribution is -0.0192. The van der Waals surface area contributed by atoms with Gasteiger partial charge in [0.05, 0.1) is 12.7 Å². The van der Waals surface area contributed by atoms with Gasteiger partial charge in [0.2, 0.25) is 0 Å². The Morgan fingerprint density at radius 3 is 2.80 bits per heavy atom. The van der Waals surface area contributed by atoms with Gasteiger partial charge in [0, 0.05) is 25.2 Å². The molecule has 112 valence electrons. The Balaban J connectivity index is 1.98. The van der Waals surface area contributed by atoms with E-state index in [0.29, 0.717) is 11.6 Å². The van der Waals surface area contributed by atoms with Crippen molar-refractivity contribution in [1.82, 2.24) is 14.9 Å². The Kier molecular flexibility index (Phi) is 5.11. The van der Waals surface area contributed by atoms with Crippen molar-refractivity contribution in [3.63, 3.8) is 0 Å². The lowest BCUT2D eigenvalue weighted by Crippen LogP contribution is -2.45. The Hall–Kier alpha value is -1.44. The number of aromatic nitrogens is 2. The van der Waals surface area contributed by atoms with Gasteiger partial charge in [0.15, 0.2) is 0 Å². The van der Waals surface area contributed by atoms with Crippen LogP contribution in [0.2, 0.25) is 0 Å². The van der Waals surface area contributed by atoms with E-state index in [-0.39, 0.29) is 6.10 Å². The van der Waals surface area contributed by atoms with Crippen LogP contribution in [0, 0.1) is 13.8 Å². The number of nitrogen functional groups attached to an aromatic ring is 1. The molecule has 1 atom stereocenters. The normalized spacial score (nSPS) is 19.9. The number of hydrogen-bond acceptors (Lipinski definition) is 7. The number of hydrogen-bond donors (Lipinski definition) is 3. The monoisotopic (exact) mass is 280 g/mol. The Labute approximate surface area is 119 Å². The van der Waals surface area contributed by atoms with E-state index in [9.17, 15) is 0 Å². The van der Waals surface area contributed by atoms with Gasteiger partial charge in [-0.3, -0.25) is 4.90 Å². The third kappa shape index (κ3) is 3.56. The molecule has 0 aliphatic carbocycles. The first-order valence-electron chi connectivity index (χ1n) is 7.03. The van der Waals surface area contributed by atoms with Crippen LogP contribution in [0.25, 0.3) is 0 Å². The number of rotatable bonds is 5.